The molecule has 1 amide bonds. The molecule has 2 aromatic rings. The molecule has 2 rings (SSSR count). The molecule has 0 saturated carbocycles. The van der Waals surface area contributed by atoms with Crippen molar-refractivity contribution in [3.8, 4) is 0 Å². The molecule has 0 spiro atoms. The van der Waals surface area contributed by atoms with Crippen LogP contribution in [0.4, 0.5) is 0 Å². The number of nitrogens with one attached hydrogen (secondary N) is 2. The first-order chi connectivity index (χ1) is 7.75. The molecule has 0 radical (unpaired) electrons. The fourth-order valence-corrected chi connectivity index (χ4v) is 1.46. The molecule has 0 aromatic carbocycles. The summed E-state index contributed by atoms with van der Waals surface area (Å²) in [5, 5.41) is 9.18. The van der Waals surface area contributed by atoms with Gasteiger partial charge in [-0.1, -0.05) is 0 Å². The van der Waals surface area contributed by atoms with Crippen molar-refractivity contribution in [1.29, 1.82) is 0 Å². The maximum atomic E-state index is 11.6. The summed E-state index contributed by atoms with van der Waals surface area (Å²) in [6.45, 7) is 1.93. The number of H-pyrrole nitrogens is 1. The van der Waals surface area contributed by atoms with Crippen LogP contribution in [0.15, 0.2) is 35.2 Å². The second kappa shape index (κ2) is 4.65. The van der Waals surface area contributed by atoms with Gasteiger partial charge in [0.1, 0.15) is 5.76 Å². The summed E-state index contributed by atoms with van der Waals surface area (Å²) in [6, 6.07) is 3.74. The highest BCUT2D eigenvalue weighted by Gasteiger charge is 2.11. The van der Waals surface area contributed by atoms with Crippen LogP contribution in [0.3, 0.4) is 0 Å². The Balaban J connectivity index is 1.88. The number of rotatable bonds is 4. The normalized spacial score (nSPS) is 12.3. The predicted octanol–water partition coefficient (Wildman–Crippen LogP) is 1.36. The SMILES string of the molecule is CC(Cc1ccco1)NC(=O)c1cn[nH]c1. The lowest BCUT2D eigenvalue weighted by molar-refractivity contribution is 0.0939. The molecular weight excluding hydrogens is 206 g/mol. The molecule has 1 unspecified atom stereocenters. The largest absolute Gasteiger partial charge is 0.469 e. The van der Waals surface area contributed by atoms with Gasteiger partial charge in [0.2, 0.25) is 0 Å². The van der Waals surface area contributed by atoms with E-state index in [1.807, 2.05) is 19.1 Å². The van der Waals surface area contributed by atoms with Gasteiger partial charge in [-0.05, 0) is 19.1 Å². The third kappa shape index (κ3) is 2.50. The van der Waals surface area contributed by atoms with E-state index in [9.17, 15) is 4.79 Å². The first-order valence-electron chi connectivity index (χ1n) is 5.07. The summed E-state index contributed by atoms with van der Waals surface area (Å²) in [6.07, 6.45) is 5.36. The average molecular weight is 219 g/mol. The van der Waals surface area contributed by atoms with Crippen molar-refractivity contribution in [1.82, 2.24) is 15.5 Å². The Morgan fingerprint density at radius 3 is 3.19 bits per heavy atom. The first kappa shape index (κ1) is 10.5. The number of amides is 1. The van der Waals surface area contributed by atoms with E-state index in [-0.39, 0.29) is 11.9 Å². The Morgan fingerprint density at radius 1 is 1.69 bits per heavy atom. The van der Waals surface area contributed by atoms with Crippen molar-refractivity contribution in [3.63, 3.8) is 0 Å². The van der Waals surface area contributed by atoms with Crippen molar-refractivity contribution < 1.29 is 9.21 Å². The first-order valence-corrected chi connectivity index (χ1v) is 5.07. The van der Waals surface area contributed by atoms with Gasteiger partial charge in [0.05, 0.1) is 18.0 Å². The van der Waals surface area contributed by atoms with Crippen LogP contribution < -0.4 is 5.32 Å². The zero-order valence-electron chi connectivity index (χ0n) is 8.93. The summed E-state index contributed by atoms with van der Waals surface area (Å²) in [5.41, 5.74) is 0.534. The van der Waals surface area contributed by atoms with E-state index < -0.39 is 0 Å². The van der Waals surface area contributed by atoms with E-state index in [0.29, 0.717) is 12.0 Å². The third-order valence-electron chi connectivity index (χ3n) is 2.23. The average Bonchev–Trinajstić information content (AvgIpc) is 2.88. The number of carbonyl (C=O) groups is 1. The Bertz CT molecular complexity index is 434. The number of hydrogen-bond donors (Lipinski definition) is 2. The van der Waals surface area contributed by atoms with Crippen molar-refractivity contribution in [2.75, 3.05) is 0 Å². The van der Waals surface area contributed by atoms with Gasteiger partial charge in [-0.15, -0.1) is 0 Å². The molecule has 2 aromatic heterocycles. The second-order valence-corrected chi connectivity index (χ2v) is 3.64. The van der Waals surface area contributed by atoms with Crippen molar-refractivity contribution >= 4 is 5.91 Å². The fraction of sp³-hybridized carbons (Fsp3) is 0.273. The van der Waals surface area contributed by atoms with E-state index in [4.69, 9.17) is 4.42 Å². The van der Waals surface area contributed by atoms with Crippen LogP contribution in [0.1, 0.15) is 23.0 Å². The highest BCUT2D eigenvalue weighted by Crippen LogP contribution is 2.04. The monoisotopic (exact) mass is 219 g/mol. The number of hydrogen-bond acceptors (Lipinski definition) is 3. The van der Waals surface area contributed by atoms with Gasteiger partial charge in [-0.25, -0.2) is 0 Å². The summed E-state index contributed by atoms with van der Waals surface area (Å²) < 4.78 is 5.21. The smallest absolute Gasteiger partial charge is 0.254 e. The number of nitrogens with zero attached hydrogens (tertiary/aromatic N) is 1. The number of carbonyl (C=O) groups excluding carboxylic acids is 1. The van der Waals surface area contributed by atoms with Crippen LogP contribution in [-0.2, 0) is 6.42 Å². The number of aromatic nitrogens is 2. The lowest BCUT2D eigenvalue weighted by Crippen LogP contribution is -2.33. The lowest BCUT2D eigenvalue weighted by atomic mass is 10.2. The lowest BCUT2D eigenvalue weighted by Gasteiger charge is -2.11. The minimum absolute atomic E-state index is 0.0218. The maximum absolute atomic E-state index is 11.6. The van der Waals surface area contributed by atoms with Crippen LogP contribution in [-0.4, -0.2) is 22.1 Å². The molecular formula is C11H13N3O2. The van der Waals surface area contributed by atoms with Crippen LogP contribution in [0.5, 0.6) is 0 Å². The van der Waals surface area contributed by atoms with Gasteiger partial charge >= 0.3 is 0 Å². The van der Waals surface area contributed by atoms with E-state index in [0.717, 1.165) is 5.76 Å². The Morgan fingerprint density at radius 2 is 2.56 bits per heavy atom. The molecule has 1 atom stereocenters. The molecule has 0 bridgehead atoms. The Labute approximate surface area is 92.9 Å². The topological polar surface area (TPSA) is 70.9 Å². The minimum Gasteiger partial charge on any atom is -0.469 e. The van der Waals surface area contributed by atoms with E-state index in [2.05, 4.69) is 15.5 Å². The summed E-state index contributed by atoms with van der Waals surface area (Å²) >= 11 is 0. The molecule has 16 heavy (non-hydrogen) atoms. The molecule has 0 aliphatic heterocycles. The molecule has 0 saturated heterocycles. The van der Waals surface area contributed by atoms with Crippen LogP contribution in [0.25, 0.3) is 0 Å². The third-order valence-corrected chi connectivity index (χ3v) is 2.23. The van der Waals surface area contributed by atoms with Crippen molar-refractivity contribution in [2.24, 2.45) is 0 Å². The van der Waals surface area contributed by atoms with Crippen molar-refractivity contribution in [2.45, 2.75) is 19.4 Å². The zero-order valence-corrected chi connectivity index (χ0v) is 8.93. The van der Waals surface area contributed by atoms with Gasteiger partial charge < -0.3 is 9.73 Å². The molecule has 2 N–H and O–H groups in total. The zero-order chi connectivity index (χ0) is 11.4. The maximum Gasteiger partial charge on any atom is 0.254 e. The van der Waals surface area contributed by atoms with Gasteiger partial charge in [-0.3, -0.25) is 9.89 Å². The molecule has 84 valence electrons. The van der Waals surface area contributed by atoms with Crippen LogP contribution in [0, 0.1) is 0 Å². The Hall–Kier alpha value is -2.04. The Kier molecular flexibility index (Phi) is 3.05. The highest BCUT2D eigenvalue weighted by atomic mass is 16.3. The van der Waals surface area contributed by atoms with Gasteiger partial charge in [0.15, 0.2) is 0 Å². The highest BCUT2D eigenvalue weighted by molar-refractivity contribution is 5.93. The van der Waals surface area contributed by atoms with E-state index in [1.165, 1.54) is 6.20 Å². The predicted molar refractivity (Wildman–Crippen MR) is 57.9 cm³/mol. The molecule has 2 heterocycles. The molecule has 5 nitrogen and oxygen atoms in total. The van der Waals surface area contributed by atoms with Gasteiger partial charge in [0.25, 0.3) is 5.91 Å². The van der Waals surface area contributed by atoms with Gasteiger partial charge in [-0.2, -0.15) is 5.10 Å². The summed E-state index contributed by atoms with van der Waals surface area (Å²) in [7, 11) is 0. The summed E-state index contributed by atoms with van der Waals surface area (Å²) in [5.74, 6) is 0.729. The molecule has 0 aliphatic rings. The molecule has 5 heteroatoms. The fourth-order valence-electron chi connectivity index (χ4n) is 1.46. The number of furan rings is 1. The summed E-state index contributed by atoms with van der Waals surface area (Å²) in [4.78, 5) is 11.6. The minimum atomic E-state index is -0.132. The van der Waals surface area contributed by atoms with Crippen LogP contribution in [0.2, 0.25) is 0 Å². The molecule has 0 aliphatic carbocycles. The van der Waals surface area contributed by atoms with Crippen LogP contribution >= 0.6 is 0 Å². The van der Waals surface area contributed by atoms with Crippen molar-refractivity contribution in [3.05, 3.63) is 42.1 Å². The second-order valence-electron chi connectivity index (χ2n) is 3.64. The van der Waals surface area contributed by atoms with E-state index in [1.54, 1.807) is 12.5 Å². The molecule has 0 fully saturated rings. The van der Waals surface area contributed by atoms with E-state index >= 15 is 0 Å². The van der Waals surface area contributed by atoms with Gasteiger partial charge in [0, 0.05) is 18.7 Å². The standard InChI is InChI=1S/C11H13N3O2/c1-8(5-10-3-2-4-16-10)14-11(15)9-6-12-13-7-9/h2-4,6-8H,5H2,1H3,(H,12,13)(H,14,15). The number of aromatic amines is 1. The quantitative estimate of drug-likeness (QED) is 0.815.